The minimum absolute atomic E-state index is 0.0655. The van der Waals surface area contributed by atoms with Gasteiger partial charge in [-0.05, 0) is 55.8 Å². The van der Waals surface area contributed by atoms with Crippen LogP contribution in [0.5, 0.6) is 0 Å². The van der Waals surface area contributed by atoms with Gasteiger partial charge < -0.3 is 14.6 Å². The maximum atomic E-state index is 13.2. The summed E-state index contributed by atoms with van der Waals surface area (Å²) in [6.45, 7) is 8.95. The van der Waals surface area contributed by atoms with E-state index < -0.39 is 0 Å². The molecule has 3 aromatic rings. The summed E-state index contributed by atoms with van der Waals surface area (Å²) in [5, 5.41) is 1.99. The van der Waals surface area contributed by atoms with E-state index in [1.54, 1.807) is 18.3 Å². The van der Waals surface area contributed by atoms with Crippen molar-refractivity contribution in [3.05, 3.63) is 80.3 Å². The number of esters is 1. The number of nitrogens with zero attached hydrogens (tertiary/aromatic N) is 1. The van der Waals surface area contributed by atoms with Gasteiger partial charge >= 0.3 is 5.97 Å². The Bertz CT molecular complexity index is 1000. The zero-order valence-electron chi connectivity index (χ0n) is 18.0. The maximum Gasteiger partial charge on any atom is 0.355 e. The molecule has 0 fully saturated rings. The van der Waals surface area contributed by atoms with E-state index in [4.69, 9.17) is 4.74 Å². The molecule has 6 heteroatoms. The van der Waals surface area contributed by atoms with E-state index in [-0.39, 0.29) is 11.9 Å². The van der Waals surface area contributed by atoms with Gasteiger partial charge in [0.2, 0.25) is 5.91 Å². The summed E-state index contributed by atoms with van der Waals surface area (Å²) < 4.78 is 5.16. The molecule has 0 saturated carbocycles. The van der Waals surface area contributed by atoms with Gasteiger partial charge in [-0.25, -0.2) is 4.79 Å². The van der Waals surface area contributed by atoms with Crippen molar-refractivity contribution in [3.8, 4) is 0 Å². The number of H-pyrrole nitrogens is 1. The fourth-order valence-electron chi connectivity index (χ4n) is 3.44. The first kappa shape index (κ1) is 21.8. The van der Waals surface area contributed by atoms with Gasteiger partial charge in [-0.15, -0.1) is 11.3 Å². The van der Waals surface area contributed by atoms with E-state index in [0.29, 0.717) is 31.8 Å². The van der Waals surface area contributed by atoms with Crippen LogP contribution in [0.1, 0.15) is 50.2 Å². The van der Waals surface area contributed by atoms with Gasteiger partial charge in [0.15, 0.2) is 0 Å². The second kappa shape index (κ2) is 9.76. The van der Waals surface area contributed by atoms with Gasteiger partial charge in [0.1, 0.15) is 5.69 Å². The highest BCUT2D eigenvalue weighted by atomic mass is 32.1. The van der Waals surface area contributed by atoms with Gasteiger partial charge in [-0.1, -0.05) is 35.9 Å². The van der Waals surface area contributed by atoms with E-state index in [1.165, 1.54) is 5.56 Å². The first-order valence-corrected chi connectivity index (χ1v) is 11.0. The highest BCUT2D eigenvalue weighted by molar-refractivity contribution is 7.10. The van der Waals surface area contributed by atoms with Gasteiger partial charge in [0.05, 0.1) is 13.0 Å². The normalized spacial score (nSPS) is 10.8. The molecule has 0 aliphatic heterocycles. The summed E-state index contributed by atoms with van der Waals surface area (Å²) in [5.74, 6) is -0.296. The number of ether oxygens (including phenoxy) is 1. The van der Waals surface area contributed by atoms with Crippen molar-refractivity contribution in [2.45, 2.75) is 47.2 Å². The molecule has 30 heavy (non-hydrogen) atoms. The van der Waals surface area contributed by atoms with Crippen molar-refractivity contribution in [1.82, 2.24) is 9.88 Å². The van der Waals surface area contributed by atoms with Gasteiger partial charge in [-0.2, -0.15) is 0 Å². The molecule has 0 aliphatic carbocycles. The van der Waals surface area contributed by atoms with Gasteiger partial charge in [-0.3, -0.25) is 4.79 Å². The SMILES string of the molecule is CCOC(=O)c1[nH]c(C)c(CN(Cc2ccc(C)cc2)C(=O)Cc2cccs2)c1C. The van der Waals surface area contributed by atoms with E-state index in [1.807, 2.05) is 43.2 Å². The average molecular weight is 425 g/mol. The van der Waals surface area contributed by atoms with E-state index in [9.17, 15) is 9.59 Å². The van der Waals surface area contributed by atoms with Crippen molar-refractivity contribution in [3.63, 3.8) is 0 Å². The van der Waals surface area contributed by atoms with E-state index in [2.05, 4.69) is 29.2 Å². The molecule has 1 N–H and O–H groups in total. The van der Waals surface area contributed by atoms with Crippen LogP contribution in [0.4, 0.5) is 0 Å². The largest absolute Gasteiger partial charge is 0.461 e. The molecule has 5 nitrogen and oxygen atoms in total. The smallest absolute Gasteiger partial charge is 0.355 e. The molecule has 0 radical (unpaired) electrons. The summed E-state index contributed by atoms with van der Waals surface area (Å²) in [5.41, 5.74) is 5.41. The first-order valence-electron chi connectivity index (χ1n) is 10.1. The molecule has 1 aromatic carbocycles. The fourth-order valence-corrected chi connectivity index (χ4v) is 4.14. The Morgan fingerprint density at radius 1 is 1.07 bits per heavy atom. The molecule has 2 heterocycles. The number of aryl methyl sites for hydroxylation is 2. The van der Waals surface area contributed by atoms with Crippen molar-refractivity contribution in [1.29, 1.82) is 0 Å². The first-order chi connectivity index (χ1) is 14.4. The number of rotatable bonds is 8. The quantitative estimate of drug-likeness (QED) is 0.521. The third-order valence-electron chi connectivity index (χ3n) is 5.17. The molecule has 1 amide bonds. The van der Waals surface area contributed by atoms with Crippen LogP contribution < -0.4 is 0 Å². The fraction of sp³-hybridized carbons (Fsp3) is 0.333. The lowest BCUT2D eigenvalue weighted by atomic mass is 10.1. The van der Waals surface area contributed by atoms with Gasteiger partial charge in [0.25, 0.3) is 0 Å². The zero-order chi connectivity index (χ0) is 21.7. The molecule has 0 saturated heterocycles. The van der Waals surface area contributed by atoms with Crippen LogP contribution in [0.3, 0.4) is 0 Å². The predicted octanol–water partition coefficient (Wildman–Crippen LogP) is 4.95. The summed E-state index contributed by atoms with van der Waals surface area (Å²) in [6, 6.07) is 12.2. The van der Waals surface area contributed by atoms with Crippen molar-refractivity contribution in [2.24, 2.45) is 0 Å². The standard InChI is InChI=1S/C24H28N2O3S/c1-5-29-24(28)23-17(3)21(18(4)25-23)15-26(14-19-10-8-16(2)9-11-19)22(27)13-20-7-6-12-30-20/h6-12,25H,5,13-15H2,1-4H3. The van der Waals surface area contributed by atoms with Crippen LogP contribution in [-0.4, -0.2) is 28.4 Å². The Labute approximate surface area is 181 Å². The van der Waals surface area contributed by atoms with Gasteiger partial charge in [0, 0.05) is 23.7 Å². The average Bonchev–Trinajstić information content (AvgIpc) is 3.32. The highest BCUT2D eigenvalue weighted by Gasteiger charge is 2.22. The molecule has 0 unspecified atom stereocenters. The summed E-state index contributed by atoms with van der Waals surface area (Å²) in [6.07, 6.45) is 0.372. The van der Waals surface area contributed by atoms with E-state index >= 15 is 0 Å². The monoisotopic (exact) mass is 424 g/mol. The molecule has 0 spiro atoms. The number of hydrogen-bond acceptors (Lipinski definition) is 4. The van der Waals surface area contributed by atoms with Crippen LogP contribution in [-0.2, 0) is 29.0 Å². The minimum Gasteiger partial charge on any atom is -0.461 e. The minimum atomic E-state index is -0.362. The van der Waals surface area contributed by atoms with Crippen molar-refractivity contribution in [2.75, 3.05) is 6.61 Å². The van der Waals surface area contributed by atoms with Crippen LogP contribution in [0.25, 0.3) is 0 Å². The lowest BCUT2D eigenvalue weighted by molar-refractivity contribution is -0.131. The summed E-state index contributed by atoms with van der Waals surface area (Å²) >= 11 is 1.59. The second-order valence-corrected chi connectivity index (χ2v) is 8.47. The lowest BCUT2D eigenvalue weighted by Crippen LogP contribution is -2.31. The highest BCUT2D eigenvalue weighted by Crippen LogP contribution is 2.23. The van der Waals surface area contributed by atoms with E-state index in [0.717, 1.165) is 27.3 Å². The number of carbonyl (C=O) groups is 2. The molecule has 158 valence electrons. The molecular formula is C24H28N2O3S. The Hall–Kier alpha value is -2.86. The second-order valence-electron chi connectivity index (χ2n) is 7.44. The number of benzene rings is 1. The topological polar surface area (TPSA) is 62.4 Å². The molecule has 0 atom stereocenters. The Kier molecular flexibility index (Phi) is 7.11. The Morgan fingerprint density at radius 3 is 2.43 bits per heavy atom. The summed E-state index contributed by atoms with van der Waals surface area (Å²) in [7, 11) is 0. The van der Waals surface area contributed by atoms with Crippen LogP contribution in [0.15, 0.2) is 41.8 Å². The van der Waals surface area contributed by atoms with Crippen molar-refractivity contribution < 1.29 is 14.3 Å². The lowest BCUT2D eigenvalue weighted by Gasteiger charge is -2.23. The molecular weight excluding hydrogens is 396 g/mol. The molecule has 2 aromatic heterocycles. The number of amides is 1. The predicted molar refractivity (Wildman–Crippen MR) is 120 cm³/mol. The van der Waals surface area contributed by atoms with Crippen LogP contribution >= 0.6 is 11.3 Å². The number of thiophene rings is 1. The number of nitrogens with one attached hydrogen (secondary N) is 1. The maximum absolute atomic E-state index is 13.2. The number of carbonyl (C=O) groups excluding carboxylic acids is 2. The summed E-state index contributed by atoms with van der Waals surface area (Å²) in [4.78, 5) is 31.5. The van der Waals surface area contributed by atoms with Crippen LogP contribution in [0.2, 0.25) is 0 Å². The molecule has 0 bridgehead atoms. The third kappa shape index (κ3) is 5.19. The zero-order valence-corrected chi connectivity index (χ0v) is 18.8. The Balaban J connectivity index is 1.87. The van der Waals surface area contributed by atoms with Crippen molar-refractivity contribution >= 4 is 23.2 Å². The molecule has 3 rings (SSSR count). The number of aromatic amines is 1. The van der Waals surface area contributed by atoms with Crippen LogP contribution in [0, 0.1) is 20.8 Å². The Morgan fingerprint density at radius 2 is 1.80 bits per heavy atom. The number of hydrogen-bond donors (Lipinski definition) is 1. The third-order valence-corrected chi connectivity index (χ3v) is 6.05. The molecule has 0 aliphatic rings. The number of aromatic nitrogens is 1.